The molecule has 0 aromatic heterocycles. The minimum absolute atomic E-state index is 0.367. The fourth-order valence-electron chi connectivity index (χ4n) is 1.12. The summed E-state index contributed by atoms with van der Waals surface area (Å²) < 4.78 is 63.2. The Balaban J connectivity index is 3.01. The normalized spacial score (nSPS) is 12.6. The highest BCUT2D eigenvalue weighted by molar-refractivity contribution is 7.92. The maximum atomic E-state index is 12.3. The lowest BCUT2D eigenvalue weighted by molar-refractivity contribution is -0.134. The van der Waals surface area contributed by atoms with Crippen LogP contribution in [0.4, 0.5) is 13.2 Å². The van der Waals surface area contributed by atoms with Crippen LogP contribution >= 0.6 is 0 Å². The van der Waals surface area contributed by atoms with Gasteiger partial charge in [0.15, 0.2) is 0 Å². The van der Waals surface area contributed by atoms with Crippen LogP contribution < -0.4 is 0 Å². The molecule has 0 aliphatic heterocycles. The Morgan fingerprint density at radius 3 is 2.16 bits per heavy atom. The number of hydrogen-bond acceptors (Lipinski definition) is 4. The molecule has 0 N–H and O–H groups in total. The Morgan fingerprint density at radius 2 is 1.74 bits per heavy atom. The Labute approximate surface area is 107 Å². The number of halogens is 3. The van der Waals surface area contributed by atoms with E-state index in [1.54, 1.807) is 0 Å². The van der Waals surface area contributed by atoms with Gasteiger partial charge < -0.3 is 4.74 Å². The van der Waals surface area contributed by atoms with E-state index in [9.17, 15) is 26.4 Å². The smallest absolute Gasteiger partial charge is 0.466 e. The van der Waals surface area contributed by atoms with Gasteiger partial charge in [0.2, 0.25) is 0 Å². The summed E-state index contributed by atoms with van der Waals surface area (Å²) in [5.41, 5.74) is -4.97. The van der Waals surface area contributed by atoms with Crippen LogP contribution in [-0.2, 0) is 19.4 Å². The van der Waals surface area contributed by atoms with Gasteiger partial charge in [0.1, 0.15) is 0 Å². The number of ether oxygens (including phenoxy) is 1. The van der Waals surface area contributed by atoms with Gasteiger partial charge in [-0.25, -0.2) is 13.2 Å². The summed E-state index contributed by atoms with van der Waals surface area (Å²) in [5, 5.41) is 0. The number of rotatable bonds is 3. The van der Waals surface area contributed by atoms with E-state index in [2.05, 4.69) is 4.74 Å². The zero-order valence-electron chi connectivity index (χ0n) is 9.64. The zero-order chi connectivity index (χ0) is 14.7. The summed E-state index contributed by atoms with van der Waals surface area (Å²) in [6, 6.07) is 3.94. The van der Waals surface area contributed by atoms with Crippen molar-refractivity contribution in [3.63, 3.8) is 0 Å². The van der Waals surface area contributed by atoms with Crippen LogP contribution in [0.1, 0.15) is 5.56 Å². The minimum atomic E-state index is -5.34. The number of carbonyl (C=O) groups excluding carboxylic acids is 1. The summed E-state index contributed by atoms with van der Waals surface area (Å²) in [4.78, 5) is 9.94. The standard InChI is InChI=1S/C11H9F3O4S/c1-18-10(15)7-4-8-2-5-9(6-3-8)19(16,17)11(12,13)14/h2-7H,1H3/b7-4+. The third-order valence-corrected chi connectivity index (χ3v) is 3.61. The average molecular weight is 294 g/mol. The number of methoxy groups -OCH3 is 1. The van der Waals surface area contributed by atoms with Crippen LogP contribution in [0.25, 0.3) is 6.08 Å². The van der Waals surface area contributed by atoms with Crippen LogP contribution in [0, 0.1) is 0 Å². The highest BCUT2D eigenvalue weighted by Crippen LogP contribution is 2.30. The van der Waals surface area contributed by atoms with Crippen molar-refractivity contribution in [2.45, 2.75) is 10.4 Å². The first-order chi connectivity index (χ1) is 8.68. The molecule has 0 aliphatic rings. The van der Waals surface area contributed by atoms with E-state index in [1.165, 1.54) is 13.2 Å². The molecule has 4 nitrogen and oxygen atoms in total. The highest BCUT2D eigenvalue weighted by Gasteiger charge is 2.46. The lowest BCUT2D eigenvalue weighted by atomic mass is 10.2. The second kappa shape index (κ2) is 5.43. The van der Waals surface area contributed by atoms with Gasteiger partial charge in [-0.3, -0.25) is 0 Å². The van der Waals surface area contributed by atoms with Crippen LogP contribution in [0.2, 0.25) is 0 Å². The third kappa shape index (κ3) is 3.57. The molecule has 19 heavy (non-hydrogen) atoms. The van der Waals surface area contributed by atoms with Crippen LogP contribution in [0.5, 0.6) is 0 Å². The topological polar surface area (TPSA) is 60.4 Å². The fourth-order valence-corrected chi connectivity index (χ4v) is 1.89. The first-order valence-electron chi connectivity index (χ1n) is 4.86. The summed E-state index contributed by atoms with van der Waals surface area (Å²) in [7, 11) is -4.17. The van der Waals surface area contributed by atoms with Gasteiger partial charge in [-0.05, 0) is 23.8 Å². The van der Waals surface area contributed by atoms with Gasteiger partial charge in [0.25, 0.3) is 9.84 Å². The van der Waals surface area contributed by atoms with E-state index < -0.39 is 26.2 Å². The molecule has 8 heteroatoms. The van der Waals surface area contributed by atoms with E-state index in [0.29, 0.717) is 5.56 Å². The van der Waals surface area contributed by atoms with Gasteiger partial charge >= 0.3 is 11.5 Å². The summed E-state index contributed by atoms with van der Waals surface area (Å²) >= 11 is 0. The zero-order valence-corrected chi connectivity index (χ0v) is 10.5. The predicted octanol–water partition coefficient (Wildman–Crippen LogP) is 2.17. The maximum Gasteiger partial charge on any atom is 0.501 e. The lowest BCUT2D eigenvalue weighted by Crippen LogP contribution is -2.23. The molecule has 1 aromatic rings. The first kappa shape index (κ1) is 15.2. The quantitative estimate of drug-likeness (QED) is 0.633. The summed E-state index contributed by atoms with van der Waals surface area (Å²) in [6.45, 7) is 0. The predicted molar refractivity (Wildman–Crippen MR) is 60.7 cm³/mol. The van der Waals surface area contributed by atoms with E-state index in [0.717, 1.165) is 30.3 Å². The monoisotopic (exact) mass is 294 g/mol. The summed E-state index contributed by atoms with van der Waals surface area (Å²) in [6.07, 6.45) is 2.35. The summed E-state index contributed by atoms with van der Waals surface area (Å²) in [5.74, 6) is -0.632. The number of benzene rings is 1. The molecular formula is C11H9F3O4S. The molecule has 0 radical (unpaired) electrons. The Kier molecular flexibility index (Phi) is 4.35. The van der Waals surface area contributed by atoms with E-state index in [1.807, 2.05) is 0 Å². The van der Waals surface area contributed by atoms with Gasteiger partial charge in [0, 0.05) is 6.08 Å². The second-order valence-corrected chi connectivity index (χ2v) is 5.32. The molecule has 0 atom stereocenters. The highest BCUT2D eigenvalue weighted by atomic mass is 32.2. The third-order valence-electron chi connectivity index (χ3n) is 2.11. The molecule has 0 saturated heterocycles. The molecule has 0 bridgehead atoms. The average Bonchev–Trinajstić information content (AvgIpc) is 2.35. The second-order valence-electron chi connectivity index (χ2n) is 3.37. The van der Waals surface area contributed by atoms with Crippen molar-refractivity contribution in [3.05, 3.63) is 35.9 Å². The molecule has 1 aromatic carbocycles. The minimum Gasteiger partial charge on any atom is -0.466 e. The van der Waals surface area contributed by atoms with E-state index >= 15 is 0 Å². The van der Waals surface area contributed by atoms with Crippen molar-refractivity contribution >= 4 is 21.9 Å². The Morgan fingerprint density at radius 1 is 1.21 bits per heavy atom. The van der Waals surface area contributed by atoms with Gasteiger partial charge in [-0.15, -0.1) is 0 Å². The van der Waals surface area contributed by atoms with Crippen molar-refractivity contribution in [3.8, 4) is 0 Å². The van der Waals surface area contributed by atoms with Crippen molar-refractivity contribution in [2.24, 2.45) is 0 Å². The largest absolute Gasteiger partial charge is 0.501 e. The number of esters is 1. The van der Waals surface area contributed by atoms with Gasteiger partial charge in [-0.2, -0.15) is 13.2 Å². The number of sulfone groups is 1. The van der Waals surface area contributed by atoms with Crippen molar-refractivity contribution < 1.29 is 31.1 Å². The first-order valence-corrected chi connectivity index (χ1v) is 6.34. The van der Waals surface area contributed by atoms with Crippen molar-refractivity contribution in [1.29, 1.82) is 0 Å². The van der Waals surface area contributed by atoms with Crippen LogP contribution in [0.3, 0.4) is 0 Å². The molecular weight excluding hydrogens is 285 g/mol. The molecule has 0 spiro atoms. The van der Waals surface area contributed by atoms with Crippen molar-refractivity contribution in [1.82, 2.24) is 0 Å². The molecule has 104 valence electrons. The van der Waals surface area contributed by atoms with E-state index in [4.69, 9.17) is 0 Å². The van der Waals surface area contributed by atoms with E-state index in [-0.39, 0.29) is 0 Å². The molecule has 0 saturated carbocycles. The SMILES string of the molecule is COC(=O)/C=C/c1ccc(S(=O)(=O)C(F)(F)F)cc1. The molecule has 0 amide bonds. The van der Waals surface area contributed by atoms with Crippen molar-refractivity contribution in [2.75, 3.05) is 7.11 Å². The molecule has 0 aliphatic carbocycles. The van der Waals surface area contributed by atoms with Crippen LogP contribution in [0.15, 0.2) is 35.2 Å². The Hall–Kier alpha value is -1.83. The van der Waals surface area contributed by atoms with Gasteiger partial charge in [0.05, 0.1) is 12.0 Å². The van der Waals surface area contributed by atoms with Gasteiger partial charge in [-0.1, -0.05) is 12.1 Å². The van der Waals surface area contributed by atoms with Crippen LogP contribution in [-0.4, -0.2) is 27.0 Å². The number of alkyl halides is 3. The molecule has 0 heterocycles. The number of hydrogen-bond donors (Lipinski definition) is 0. The fraction of sp³-hybridized carbons (Fsp3) is 0.182. The lowest BCUT2D eigenvalue weighted by Gasteiger charge is -2.07. The molecule has 1 rings (SSSR count). The Bertz CT molecular complexity index is 585. The maximum absolute atomic E-state index is 12.3. The molecule has 0 unspecified atom stereocenters. The molecule has 0 fully saturated rings. The number of carbonyl (C=O) groups is 1.